The molecule has 1 aromatic rings. The Labute approximate surface area is 215 Å². The summed E-state index contributed by atoms with van der Waals surface area (Å²) in [6.45, 7) is 11.2. The van der Waals surface area contributed by atoms with Gasteiger partial charge in [-0.3, -0.25) is 24.0 Å². The molecule has 11 nitrogen and oxygen atoms in total. The van der Waals surface area contributed by atoms with E-state index in [-0.39, 0.29) is 11.1 Å². The summed E-state index contributed by atoms with van der Waals surface area (Å²) < 4.78 is 22.8. The molecule has 0 bridgehead atoms. The average Bonchev–Trinajstić information content (AvgIpc) is 3.07. The normalized spacial score (nSPS) is 25.5. The fraction of sp³-hybridized carbons (Fsp3) is 0.577. The Morgan fingerprint density at radius 2 is 1.14 bits per heavy atom. The second-order valence-electron chi connectivity index (χ2n) is 9.93. The first-order valence-corrected chi connectivity index (χ1v) is 12.2. The van der Waals surface area contributed by atoms with Crippen LogP contribution in [0.15, 0.2) is 24.3 Å². The molecule has 2 aliphatic heterocycles. The van der Waals surface area contributed by atoms with E-state index in [1.54, 1.807) is 60.6 Å². The highest BCUT2D eigenvalue weighted by atomic mass is 16.8. The van der Waals surface area contributed by atoms with E-state index in [1.807, 2.05) is 0 Å². The minimum Gasteiger partial charge on any atom is -0.455 e. The third kappa shape index (κ3) is 5.99. The van der Waals surface area contributed by atoms with Gasteiger partial charge in [0.1, 0.15) is 0 Å². The topological polar surface area (TPSA) is 135 Å². The molecule has 0 N–H and O–H groups in total. The molecule has 2 aliphatic rings. The molecule has 1 fully saturated rings. The van der Waals surface area contributed by atoms with Crippen LogP contribution < -0.4 is 0 Å². The van der Waals surface area contributed by atoms with Crippen LogP contribution in [0.5, 0.6) is 0 Å². The number of rotatable bonds is 8. The van der Waals surface area contributed by atoms with Crippen molar-refractivity contribution in [3.05, 3.63) is 35.4 Å². The zero-order valence-corrected chi connectivity index (χ0v) is 22.0. The van der Waals surface area contributed by atoms with Gasteiger partial charge in [-0.05, 0) is 19.1 Å². The molecule has 3 rings (SSSR count). The molecule has 0 radical (unpaired) electrons. The van der Waals surface area contributed by atoms with E-state index in [0.717, 1.165) is 0 Å². The predicted octanol–water partition coefficient (Wildman–Crippen LogP) is 2.66. The highest BCUT2D eigenvalue weighted by molar-refractivity contribution is 6.20. The minimum absolute atomic E-state index is 0.138. The number of esters is 3. The third-order valence-electron chi connectivity index (χ3n) is 5.86. The van der Waals surface area contributed by atoms with E-state index in [1.165, 1.54) is 12.1 Å². The number of nitrogens with zero attached hydrogens (tertiary/aromatic N) is 1. The highest BCUT2D eigenvalue weighted by Gasteiger charge is 2.54. The van der Waals surface area contributed by atoms with Gasteiger partial charge in [0.15, 0.2) is 18.3 Å². The lowest BCUT2D eigenvalue weighted by Crippen LogP contribution is -2.63. The quantitative estimate of drug-likeness (QED) is 0.287. The SMILES string of the molecule is CC(C)C(=O)O[C@@H]1[C@H](OC(=O)C(C)C)[C@H](C)OC(ON2C(=O)c3ccccc3C2=O)[C@H]1OC(=O)C(C)C. The average molecular weight is 520 g/mol. The molecule has 1 saturated heterocycles. The summed E-state index contributed by atoms with van der Waals surface area (Å²) in [6.07, 6.45) is -6.45. The number of carbonyl (C=O) groups is 5. The first-order chi connectivity index (χ1) is 17.3. The number of hydrogen-bond donors (Lipinski definition) is 0. The van der Waals surface area contributed by atoms with Crippen LogP contribution in [0.3, 0.4) is 0 Å². The maximum Gasteiger partial charge on any atom is 0.308 e. The van der Waals surface area contributed by atoms with Crippen LogP contribution in [0.4, 0.5) is 0 Å². The number of amides is 2. The smallest absolute Gasteiger partial charge is 0.308 e. The van der Waals surface area contributed by atoms with Gasteiger partial charge in [-0.25, -0.2) is 4.84 Å². The Bertz CT molecular complexity index is 1030. The van der Waals surface area contributed by atoms with Crippen LogP contribution in [-0.4, -0.2) is 65.5 Å². The van der Waals surface area contributed by atoms with Gasteiger partial charge in [0, 0.05) is 0 Å². The number of hydrogen-bond acceptors (Lipinski definition) is 10. The van der Waals surface area contributed by atoms with Crippen molar-refractivity contribution in [2.24, 2.45) is 17.8 Å². The van der Waals surface area contributed by atoms with Crippen molar-refractivity contribution in [3.8, 4) is 0 Å². The lowest BCUT2D eigenvalue weighted by atomic mass is 9.98. The Morgan fingerprint density at radius 1 is 0.730 bits per heavy atom. The summed E-state index contributed by atoms with van der Waals surface area (Å²) >= 11 is 0. The van der Waals surface area contributed by atoms with Crippen LogP contribution in [0.25, 0.3) is 0 Å². The molecule has 0 spiro atoms. The molecule has 0 aliphatic carbocycles. The Morgan fingerprint density at radius 3 is 1.57 bits per heavy atom. The van der Waals surface area contributed by atoms with Crippen molar-refractivity contribution < 1.29 is 47.8 Å². The number of imide groups is 1. The largest absolute Gasteiger partial charge is 0.455 e. The van der Waals surface area contributed by atoms with Crippen molar-refractivity contribution >= 4 is 29.7 Å². The minimum atomic E-state index is -1.54. The summed E-state index contributed by atoms with van der Waals surface area (Å²) in [7, 11) is 0. The predicted molar refractivity (Wildman–Crippen MR) is 127 cm³/mol. The van der Waals surface area contributed by atoms with Crippen molar-refractivity contribution in [3.63, 3.8) is 0 Å². The Balaban J connectivity index is 1.99. The van der Waals surface area contributed by atoms with E-state index < -0.39 is 78.2 Å². The van der Waals surface area contributed by atoms with Crippen LogP contribution in [0, 0.1) is 17.8 Å². The summed E-state index contributed by atoms with van der Waals surface area (Å²) in [4.78, 5) is 69.3. The first-order valence-electron chi connectivity index (χ1n) is 12.2. The van der Waals surface area contributed by atoms with Gasteiger partial charge in [0.25, 0.3) is 11.8 Å². The zero-order valence-electron chi connectivity index (χ0n) is 22.0. The Hall–Kier alpha value is -3.31. The molecular weight excluding hydrogens is 486 g/mol. The number of benzene rings is 1. The fourth-order valence-electron chi connectivity index (χ4n) is 3.66. The third-order valence-corrected chi connectivity index (χ3v) is 5.86. The van der Waals surface area contributed by atoms with Gasteiger partial charge in [-0.15, -0.1) is 5.06 Å². The van der Waals surface area contributed by atoms with E-state index in [9.17, 15) is 24.0 Å². The first kappa shape index (κ1) is 28.3. The number of carbonyl (C=O) groups excluding carboxylic acids is 5. The summed E-state index contributed by atoms with van der Waals surface area (Å²) in [6, 6.07) is 6.17. The molecule has 0 aromatic heterocycles. The lowest BCUT2D eigenvalue weighted by molar-refractivity contribution is -0.337. The fourth-order valence-corrected chi connectivity index (χ4v) is 3.66. The molecular formula is C26H33NO10. The van der Waals surface area contributed by atoms with Gasteiger partial charge in [-0.1, -0.05) is 53.7 Å². The maximum atomic E-state index is 12.9. The van der Waals surface area contributed by atoms with Crippen LogP contribution in [-0.2, 0) is 38.2 Å². The monoisotopic (exact) mass is 519 g/mol. The van der Waals surface area contributed by atoms with Crippen molar-refractivity contribution in [1.82, 2.24) is 5.06 Å². The molecule has 1 aromatic carbocycles. The maximum absolute atomic E-state index is 12.9. The lowest BCUT2D eigenvalue weighted by Gasteiger charge is -2.44. The van der Waals surface area contributed by atoms with Crippen molar-refractivity contribution in [1.29, 1.82) is 0 Å². The second kappa shape index (κ2) is 11.4. The summed E-state index contributed by atoms with van der Waals surface area (Å²) in [5.74, 6) is -5.01. The van der Waals surface area contributed by atoms with Crippen LogP contribution >= 0.6 is 0 Å². The molecule has 37 heavy (non-hydrogen) atoms. The second-order valence-corrected chi connectivity index (χ2v) is 9.93. The van der Waals surface area contributed by atoms with Crippen molar-refractivity contribution in [2.75, 3.05) is 0 Å². The number of hydroxylamine groups is 2. The molecule has 1 unspecified atom stereocenters. The zero-order chi connectivity index (χ0) is 27.6. The van der Waals surface area contributed by atoms with Crippen LogP contribution in [0.2, 0.25) is 0 Å². The molecule has 2 amide bonds. The molecule has 5 atom stereocenters. The number of fused-ring (bicyclic) bond motifs is 1. The van der Waals surface area contributed by atoms with E-state index in [4.69, 9.17) is 23.8 Å². The van der Waals surface area contributed by atoms with Gasteiger partial charge < -0.3 is 18.9 Å². The highest BCUT2D eigenvalue weighted by Crippen LogP contribution is 2.33. The molecule has 2 heterocycles. The Kier molecular flexibility index (Phi) is 8.70. The van der Waals surface area contributed by atoms with Crippen molar-refractivity contribution in [2.45, 2.75) is 79.2 Å². The van der Waals surface area contributed by atoms with E-state index in [0.29, 0.717) is 5.06 Å². The molecule has 0 saturated carbocycles. The summed E-state index contributed by atoms with van der Waals surface area (Å²) in [5, 5.41) is 0.528. The van der Waals surface area contributed by atoms with Crippen LogP contribution in [0.1, 0.15) is 69.2 Å². The van der Waals surface area contributed by atoms with Gasteiger partial charge in [-0.2, -0.15) is 0 Å². The number of ether oxygens (including phenoxy) is 4. The van der Waals surface area contributed by atoms with E-state index >= 15 is 0 Å². The summed E-state index contributed by atoms with van der Waals surface area (Å²) in [5.41, 5.74) is 0.275. The molecule has 11 heteroatoms. The van der Waals surface area contributed by atoms with E-state index in [2.05, 4.69) is 0 Å². The van der Waals surface area contributed by atoms with Gasteiger partial charge in [0.2, 0.25) is 6.29 Å². The molecule has 202 valence electrons. The standard InChI is InChI=1S/C26H33NO10/c1-12(2)23(30)34-18-15(7)33-26(37-27-21(28)16-10-8-9-11-17(16)22(27)29)20(36-25(32)14(5)6)19(18)35-24(31)13(3)4/h8-15,18-20,26H,1-7H3/t15-,18+,19+,20-,26?/m0/s1. The van der Waals surface area contributed by atoms with Gasteiger partial charge >= 0.3 is 17.9 Å². The van der Waals surface area contributed by atoms with Gasteiger partial charge in [0.05, 0.1) is 35.0 Å².